The van der Waals surface area contributed by atoms with Crippen molar-refractivity contribution in [3.05, 3.63) is 116 Å². The topological polar surface area (TPSA) is 96.3 Å². The van der Waals surface area contributed by atoms with E-state index < -0.39 is 0 Å². The highest BCUT2D eigenvalue weighted by molar-refractivity contribution is 9.10. The maximum Gasteiger partial charge on any atom is 0.256 e. The van der Waals surface area contributed by atoms with Gasteiger partial charge in [-0.05, 0) is 83.7 Å². The summed E-state index contributed by atoms with van der Waals surface area (Å²) in [6, 6.07) is 23.5. The van der Waals surface area contributed by atoms with Crippen molar-refractivity contribution >= 4 is 44.9 Å². The average molecular weight is 599 g/mol. The van der Waals surface area contributed by atoms with Gasteiger partial charge in [0.05, 0.1) is 16.9 Å². The minimum absolute atomic E-state index is 0.0421. The van der Waals surface area contributed by atoms with Crippen molar-refractivity contribution in [3.8, 4) is 0 Å². The largest absolute Gasteiger partial charge is 0.369 e. The molecule has 1 fully saturated rings. The number of aromatic nitrogens is 2. The van der Waals surface area contributed by atoms with Gasteiger partial charge < -0.3 is 20.1 Å². The van der Waals surface area contributed by atoms with Crippen LogP contribution in [0.25, 0.3) is 0 Å². The Kier molecular flexibility index (Phi) is 6.98. The lowest BCUT2D eigenvalue weighted by atomic mass is 9.83. The number of amides is 2. The van der Waals surface area contributed by atoms with E-state index in [0.29, 0.717) is 46.1 Å². The molecule has 9 heteroatoms. The number of nitrogens with zero attached hydrogens (tertiary/aromatic N) is 3. The summed E-state index contributed by atoms with van der Waals surface area (Å²) in [5.74, 6) is 0.369. The quantitative estimate of drug-likeness (QED) is 0.319. The summed E-state index contributed by atoms with van der Waals surface area (Å²) in [6.45, 7) is 3.98. The summed E-state index contributed by atoms with van der Waals surface area (Å²) in [4.78, 5) is 45.7. The molecular formula is C31H28BrN5O3. The van der Waals surface area contributed by atoms with E-state index in [1.54, 1.807) is 30.3 Å². The molecule has 0 saturated carbocycles. The molecule has 2 aliphatic rings. The fourth-order valence-corrected chi connectivity index (χ4v) is 6.25. The molecule has 2 bridgehead atoms. The highest BCUT2D eigenvalue weighted by Crippen LogP contribution is 2.39. The van der Waals surface area contributed by atoms with Gasteiger partial charge in [-0.2, -0.15) is 0 Å². The van der Waals surface area contributed by atoms with E-state index in [1.807, 2.05) is 60.0 Å². The van der Waals surface area contributed by atoms with Gasteiger partial charge in [0.1, 0.15) is 5.82 Å². The number of nitrogens with one attached hydrogen (secondary N) is 2. The Bertz CT molecular complexity index is 1680. The van der Waals surface area contributed by atoms with Gasteiger partial charge in [-0.1, -0.05) is 24.3 Å². The highest BCUT2D eigenvalue weighted by atomic mass is 79.9. The lowest BCUT2D eigenvalue weighted by Gasteiger charge is -2.44. The summed E-state index contributed by atoms with van der Waals surface area (Å²) < 4.78 is 2.58. The summed E-state index contributed by atoms with van der Waals surface area (Å²) in [5.41, 5.74) is 4.19. The van der Waals surface area contributed by atoms with Crippen LogP contribution >= 0.6 is 15.9 Å². The molecule has 0 radical (unpaired) electrons. The van der Waals surface area contributed by atoms with E-state index >= 15 is 0 Å². The number of benzene rings is 2. The van der Waals surface area contributed by atoms with Crippen LogP contribution in [0.3, 0.4) is 0 Å². The van der Waals surface area contributed by atoms with Gasteiger partial charge in [0.15, 0.2) is 0 Å². The summed E-state index contributed by atoms with van der Waals surface area (Å²) in [6.07, 6.45) is 1.02. The Morgan fingerprint density at radius 2 is 1.73 bits per heavy atom. The second kappa shape index (κ2) is 10.7. The lowest BCUT2D eigenvalue weighted by molar-refractivity contribution is 0.101. The molecule has 2 unspecified atom stereocenters. The van der Waals surface area contributed by atoms with Crippen LogP contribution in [0.15, 0.2) is 88.1 Å². The number of carbonyl (C=O) groups is 2. The number of piperidine rings is 1. The molecule has 2 aromatic heterocycles. The normalized spacial score (nSPS) is 17.6. The van der Waals surface area contributed by atoms with E-state index in [1.165, 1.54) is 0 Å². The van der Waals surface area contributed by atoms with Gasteiger partial charge in [0, 0.05) is 53.0 Å². The van der Waals surface area contributed by atoms with Crippen LogP contribution < -0.4 is 21.1 Å². The van der Waals surface area contributed by atoms with Gasteiger partial charge in [-0.15, -0.1) is 0 Å². The number of hydrogen-bond acceptors (Lipinski definition) is 5. The number of fused-ring (bicyclic) bond motifs is 4. The van der Waals surface area contributed by atoms with Crippen molar-refractivity contribution in [1.29, 1.82) is 0 Å². The van der Waals surface area contributed by atoms with Gasteiger partial charge in [0.2, 0.25) is 0 Å². The molecule has 40 heavy (non-hydrogen) atoms. The predicted molar refractivity (Wildman–Crippen MR) is 159 cm³/mol. The zero-order valence-corrected chi connectivity index (χ0v) is 23.5. The molecule has 0 spiro atoms. The maximum absolute atomic E-state index is 13.4. The Morgan fingerprint density at radius 3 is 2.55 bits per heavy atom. The summed E-state index contributed by atoms with van der Waals surface area (Å²) >= 11 is 3.47. The number of aryl methyl sites for hydroxylation is 1. The van der Waals surface area contributed by atoms with Gasteiger partial charge in [-0.25, -0.2) is 4.98 Å². The van der Waals surface area contributed by atoms with Crippen LogP contribution in [0.4, 0.5) is 17.2 Å². The van der Waals surface area contributed by atoms with E-state index in [9.17, 15) is 14.4 Å². The van der Waals surface area contributed by atoms with Crippen molar-refractivity contribution in [2.24, 2.45) is 5.92 Å². The molecule has 4 heterocycles. The average Bonchev–Trinajstić information content (AvgIpc) is 2.94. The van der Waals surface area contributed by atoms with Crippen molar-refractivity contribution in [2.75, 3.05) is 28.6 Å². The number of rotatable bonds is 5. The highest BCUT2D eigenvalue weighted by Gasteiger charge is 2.35. The molecule has 2 aromatic carbocycles. The second-order valence-electron chi connectivity index (χ2n) is 10.4. The first-order valence-corrected chi connectivity index (χ1v) is 14.0. The molecule has 2 atom stereocenters. The zero-order valence-electron chi connectivity index (χ0n) is 21.9. The van der Waals surface area contributed by atoms with Crippen LogP contribution in [0.1, 0.15) is 44.4 Å². The number of halogens is 1. The maximum atomic E-state index is 13.4. The molecule has 2 amide bonds. The molecule has 8 nitrogen and oxygen atoms in total. The van der Waals surface area contributed by atoms with E-state index in [2.05, 4.69) is 36.4 Å². The number of pyridine rings is 2. The first-order valence-electron chi connectivity index (χ1n) is 13.3. The Morgan fingerprint density at radius 1 is 0.900 bits per heavy atom. The molecule has 1 saturated heterocycles. The van der Waals surface area contributed by atoms with E-state index in [4.69, 9.17) is 0 Å². The molecule has 2 N–H and O–H groups in total. The van der Waals surface area contributed by atoms with Crippen LogP contribution in [-0.4, -0.2) is 34.5 Å². The number of anilines is 3. The van der Waals surface area contributed by atoms with Gasteiger partial charge in [-0.3, -0.25) is 14.4 Å². The van der Waals surface area contributed by atoms with E-state index in [-0.39, 0.29) is 23.3 Å². The Labute approximate surface area is 240 Å². The van der Waals surface area contributed by atoms with Crippen LogP contribution in [-0.2, 0) is 6.54 Å². The molecule has 202 valence electrons. The molecule has 6 rings (SSSR count). The first kappa shape index (κ1) is 26.0. The third-order valence-corrected chi connectivity index (χ3v) is 8.27. The number of carbonyl (C=O) groups excluding carboxylic acids is 2. The Hall–Kier alpha value is -4.24. The van der Waals surface area contributed by atoms with Crippen LogP contribution in [0, 0.1) is 12.8 Å². The zero-order chi connectivity index (χ0) is 27.8. The van der Waals surface area contributed by atoms with Crippen molar-refractivity contribution in [1.82, 2.24) is 9.55 Å². The fraction of sp³-hybridized carbons (Fsp3) is 0.226. The third kappa shape index (κ3) is 5.16. The minimum atomic E-state index is -0.315. The second-order valence-corrected chi connectivity index (χ2v) is 11.2. The third-order valence-electron chi connectivity index (χ3n) is 7.58. The van der Waals surface area contributed by atoms with E-state index in [0.717, 1.165) is 30.0 Å². The van der Waals surface area contributed by atoms with Gasteiger partial charge in [0.25, 0.3) is 17.4 Å². The summed E-state index contributed by atoms with van der Waals surface area (Å²) in [7, 11) is 0. The minimum Gasteiger partial charge on any atom is -0.369 e. The Balaban J connectivity index is 1.34. The molecular weight excluding hydrogens is 570 g/mol. The van der Waals surface area contributed by atoms with Crippen LogP contribution in [0.2, 0.25) is 0 Å². The predicted octanol–water partition coefficient (Wildman–Crippen LogP) is 5.44. The molecule has 2 aliphatic heterocycles. The number of hydrogen-bond donors (Lipinski definition) is 2. The summed E-state index contributed by atoms with van der Waals surface area (Å²) in [5, 5.41) is 5.92. The first-order chi connectivity index (χ1) is 19.4. The smallest absolute Gasteiger partial charge is 0.256 e. The molecule has 0 aliphatic carbocycles. The van der Waals surface area contributed by atoms with Gasteiger partial charge >= 0.3 is 0 Å². The van der Waals surface area contributed by atoms with Crippen molar-refractivity contribution < 1.29 is 9.59 Å². The SMILES string of the molecule is Cc1cccc(NC(=O)c2ccc(N3CC4CC(C3)c3cccc(=O)n3C4)c(NC(=O)c3ccccc3Br)c2)n1. The van der Waals surface area contributed by atoms with Crippen LogP contribution in [0.5, 0.6) is 0 Å². The lowest BCUT2D eigenvalue weighted by Crippen LogP contribution is -2.47. The van der Waals surface area contributed by atoms with Crippen molar-refractivity contribution in [3.63, 3.8) is 0 Å². The monoisotopic (exact) mass is 597 g/mol. The standard InChI is InChI=1S/C31H28BrN5O3/c1-19-6-4-10-28(33-19)35-30(39)21-12-13-27(25(15-21)34-31(40)23-7-2-3-8-24(23)32)36-16-20-14-22(18-36)26-9-5-11-29(38)37(26)17-20/h2-13,15,20,22H,14,16-18H2,1H3,(H,34,40)(H,33,35,39). The fourth-order valence-electron chi connectivity index (χ4n) is 5.78. The van der Waals surface area contributed by atoms with Crippen molar-refractivity contribution in [2.45, 2.75) is 25.8 Å². The molecule has 4 aromatic rings.